The first kappa shape index (κ1) is 8.63. The first-order valence-corrected chi connectivity index (χ1v) is 5.46. The number of carbonyl (C=O) groups excluding carboxylic acids is 1. The van der Waals surface area contributed by atoms with E-state index in [-0.39, 0.29) is 5.91 Å². The highest BCUT2D eigenvalue weighted by molar-refractivity contribution is 8.00. The van der Waals surface area contributed by atoms with Crippen LogP contribution < -0.4 is 4.90 Å². The molecule has 0 aromatic heterocycles. The van der Waals surface area contributed by atoms with E-state index in [2.05, 4.69) is 0 Å². The van der Waals surface area contributed by atoms with Gasteiger partial charge in [-0.15, -0.1) is 0 Å². The van der Waals surface area contributed by atoms with Crippen molar-refractivity contribution in [2.75, 3.05) is 23.0 Å². The van der Waals surface area contributed by atoms with Crippen LogP contribution in [0.2, 0.25) is 0 Å². The SMILES string of the molecule is O=C1CSCCN1c1ccccc1. The molecule has 0 bridgehead atoms. The summed E-state index contributed by atoms with van der Waals surface area (Å²) in [6, 6.07) is 9.85. The molecule has 68 valence electrons. The summed E-state index contributed by atoms with van der Waals surface area (Å²) in [5, 5.41) is 0. The molecule has 0 saturated carbocycles. The van der Waals surface area contributed by atoms with Gasteiger partial charge in [0, 0.05) is 18.0 Å². The number of rotatable bonds is 1. The van der Waals surface area contributed by atoms with E-state index in [1.54, 1.807) is 11.8 Å². The van der Waals surface area contributed by atoms with Gasteiger partial charge in [-0.05, 0) is 12.1 Å². The molecule has 1 amide bonds. The largest absolute Gasteiger partial charge is 0.311 e. The lowest BCUT2D eigenvalue weighted by molar-refractivity contribution is -0.116. The number of nitrogens with zero attached hydrogens (tertiary/aromatic N) is 1. The molecule has 0 unspecified atom stereocenters. The zero-order valence-corrected chi connectivity index (χ0v) is 8.09. The summed E-state index contributed by atoms with van der Waals surface area (Å²) in [7, 11) is 0. The van der Waals surface area contributed by atoms with Gasteiger partial charge in [-0.25, -0.2) is 0 Å². The number of hydrogen-bond acceptors (Lipinski definition) is 2. The van der Waals surface area contributed by atoms with Crippen molar-refractivity contribution in [2.24, 2.45) is 0 Å². The van der Waals surface area contributed by atoms with Gasteiger partial charge >= 0.3 is 0 Å². The molecule has 3 heteroatoms. The van der Waals surface area contributed by atoms with E-state index in [1.807, 2.05) is 35.2 Å². The molecule has 0 spiro atoms. The Hall–Kier alpha value is -0.960. The maximum atomic E-state index is 11.5. The fraction of sp³-hybridized carbons (Fsp3) is 0.300. The Morgan fingerprint density at radius 3 is 2.69 bits per heavy atom. The van der Waals surface area contributed by atoms with Crippen molar-refractivity contribution in [1.82, 2.24) is 0 Å². The minimum atomic E-state index is 0.224. The highest BCUT2D eigenvalue weighted by Gasteiger charge is 2.19. The van der Waals surface area contributed by atoms with Gasteiger partial charge in [-0.2, -0.15) is 11.8 Å². The molecule has 13 heavy (non-hydrogen) atoms. The molecule has 0 aliphatic carbocycles. The van der Waals surface area contributed by atoms with Crippen LogP contribution in [0, 0.1) is 0 Å². The number of carbonyl (C=O) groups is 1. The fourth-order valence-electron chi connectivity index (χ4n) is 1.40. The lowest BCUT2D eigenvalue weighted by Crippen LogP contribution is -2.38. The molecule has 0 atom stereocenters. The Kier molecular flexibility index (Phi) is 2.54. The number of amides is 1. The van der Waals surface area contributed by atoms with Gasteiger partial charge in [0.25, 0.3) is 0 Å². The summed E-state index contributed by atoms with van der Waals surface area (Å²) in [6.45, 7) is 0.841. The van der Waals surface area contributed by atoms with Gasteiger partial charge in [-0.1, -0.05) is 18.2 Å². The minimum absolute atomic E-state index is 0.224. The van der Waals surface area contributed by atoms with E-state index in [9.17, 15) is 4.79 Å². The van der Waals surface area contributed by atoms with Crippen molar-refractivity contribution in [3.63, 3.8) is 0 Å². The molecule has 2 rings (SSSR count). The van der Waals surface area contributed by atoms with Crippen LogP contribution in [0.1, 0.15) is 0 Å². The first-order valence-electron chi connectivity index (χ1n) is 4.31. The molecule has 1 heterocycles. The number of thioether (sulfide) groups is 1. The van der Waals surface area contributed by atoms with Crippen LogP contribution in [0.5, 0.6) is 0 Å². The number of para-hydroxylation sites is 1. The average Bonchev–Trinajstić information content (AvgIpc) is 2.20. The topological polar surface area (TPSA) is 20.3 Å². The van der Waals surface area contributed by atoms with Crippen molar-refractivity contribution in [3.05, 3.63) is 30.3 Å². The monoisotopic (exact) mass is 193 g/mol. The summed E-state index contributed by atoms with van der Waals surface area (Å²) >= 11 is 1.71. The van der Waals surface area contributed by atoms with E-state index < -0.39 is 0 Å². The molecule has 1 fully saturated rings. The number of hydrogen-bond donors (Lipinski definition) is 0. The Bertz CT molecular complexity index is 299. The van der Waals surface area contributed by atoms with Gasteiger partial charge in [0.05, 0.1) is 5.75 Å². The fourth-order valence-corrected chi connectivity index (χ4v) is 2.19. The third-order valence-corrected chi connectivity index (χ3v) is 2.98. The maximum Gasteiger partial charge on any atom is 0.237 e. The highest BCUT2D eigenvalue weighted by Crippen LogP contribution is 2.19. The molecule has 1 aliphatic rings. The summed E-state index contributed by atoms with van der Waals surface area (Å²) < 4.78 is 0. The molecule has 1 saturated heterocycles. The lowest BCUT2D eigenvalue weighted by atomic mass is 10.3. The van der Waals surface area contributed by atoms with Crippen LogP contribution >= 0.6 is 11.8 Å². The quantitative estimate of drug-likeness (QED) is 0.677. The van der Waals surface area contributed by atoms with E-state index in [4.69, 9.17) is 0 Å². The summed E-state index contributed by atoms with van der Waals surface area (Å²) in [5.74, 6) is 1.89. The molecule has 0 radical (unpaired) electrons. The molecule has 1 aromatic carbocycles. The van der Waals surface area contributed by atoms with E-state index in [0.29, 0.717) is 5.75 Å². The molecule has 0 N–H and O–H groups in total. The number of anilines is 1. The zero-order chi connectivity index (χ0) is 9.10. The molecule has 1 aromatic rings. The van der Waals surface area contributed by atoms with Crippen molar-refractivity contribution >= 4 is 23.4 Å². The van der Waals surface area contributed by atoms with Gasteiger partial charge < -0.3 is 4.90 Å². The predicted molar refractivity (Wildman–Crippen MR) is 56.1 cm³/mol. The Labute approximate surface area is 81.9 Å². The van der Waals surface area contributed by atoms with Crippen LogP contribution in [0.25, 0.3) is 0 Å². The minimum Gasteiger partial charge on any atom is -0.311 e. The molecule has 2 nitrogen and oxygen atoms in total. The Balaban J connectivity index is 2.20. The maximum absolute atomic E-state index is 11.5. The van der Waals surface area contributed by atoms with Gasteiger partial charge in [0.15, 0.2) is 0 Å². The third-order valence-electron chi connectivity index (χ3n) is 2.05. The highest BCUT2D eigenvalue weighted by atomic mass is 32.2. The van der Waals surface area contributed by atoms with Crippen molar-refractivity contribution in [1.29, 1.82) is 0 Å². The number of benzene rings is 1. The molecular weight excluding hydrogens is 182 g/mol. The van der Waals surface area contributed by atoms with Gasteiger partial charge in [0.2, 0.25) is 5.91 Å². The van der Waals surface area contributed by atoms with E-state index in [0.717, 1.165) is 18.0 Å². The van der Waals surface area contributed by atoms with Crippen molar-refractivity contribution in [3.8, 4) is 0 Å². The van der Waals surface area contributed by atoms with Crippen LogP contribution in [0.4, 0.5) is 5.69 Å². The predicted octanol–water partition coefficient (Wildman–Crippen LogP) is 1.77. The lowest BCUT2D eigenvalue weighted by Gasteiger charge is -2.26. The molecular formula is C10H11NOS. The molecule has 1 aliphatic heterocycles. The van der Waals surface area contributed by atoms with Crippen LogP contribution in [0.15, 0.2) is 30.3 Å². The summed E-state index contributed by atoms with van der Waals surface area (Å²) in [6.07, 6.45) is 0. The smallest absolute Gasteiger partial charge is 0.237 e. The van der Waals surface area contributed by atoms with Crippen LogP contribution in [0.3, 0.4) is 0 Å². The van der Waals surface area contributed by atoms with E-state index in [1.165, 1.54) is 0 Å². The van der Waals surface area contributed by atoms with Crippen LogP contribution in [-0.2, 0) is 4.79 Å². The van der Waals surface area contributed by atoms with Crippen LogP contribution in [-0.4, -0.2) is 24.0 Å². The van der Waals surface area contributed by atoms with Gasteiger partial charge in [-0.3, -0.25) is 4.79 Å². The average molecular weight is 193 g/mol. The standard InChI is InChI=1S/C10H11NOS/c12-10-8-13-7-6-11(10)9-4-2-1-3-5-9/h1-5H,6-8H2. The Morgan fingerprint density at radius 2 is 2.00 bits per heavy atom. The summed E-state index contributed by atoms with van der Waals surface area (Å²) in [4.78, 5) is 13.4. The second-order valence-electron chi connectivity index (χ2n) is 2.93. The van der Waals surface area contributed by atoms with Gasteiger partial charge in [0.1, 0.15) is 0 Å². The van der Waals surface area contributed by atoms with E-state index >= 15 is 0 Å². The summed E-state index contributed by atoms with van der Waals surface area (Å²) in [5.41, 5.74) is 1.02. The second-order valence-corrected chi connectivity index (χ2v) is 4.04. The normalized spacial score (nSPS) is 17.5. The zero-order valence-electron chi connectivity index (χ0n) is 7.27. The second kappa shape index (κ2) is 3.83. The third kappa shape index (κ3) is 1.86. The van der Waals surface area contributed by atoms with Crippen molar-refractivity contribution in [2.45, 2.75) is 0 Å². The first-order chi connectivity index (χ1) is 6.38. The van der Waals surface area contributed by atoms with Crippen molar-refractivity contribution < 1.29 is 4.79 Å². The Morgan fingerprint density at radius 1 is 1.23 bits per heavy atom.